The zero-order chi connectivity index (χ0) is 20.5. The van der Waals surface area contributed by atoms with Crippen molar-refractivity contribution in [1.82, 2.24) is 14.8 Å². The first-order valence-electron chi connectivity index (χ1n) is 9.41. The van der Waals surface area contributed by atoms with Crippen molar-refractivity contribution in [1.29, 1.82) is 0 Å². The number of carbonyl (C=O) groups is 3. The number of fused-ring (bicyclic) bond motifs is 1. The van der Waals surface area contributed by atoms with Gasteiger partial charge in [0.15, 0.2) is 0 Å². The molecule has 2 heterocycles. The Hall–Kier alpha value is -2.93. The zero-order valence-corrected chi connectivity index (χ0v) is 17.5. The molecule has 4 rings (SSSR count). The normalized spacial score (nSPS) is 14.3. The van der Waals surface area contributed by atoms with E-state index in [9.17, 15) is 14.4 Å². The molecule has 0 radical (unpaired) electrons. The van der Waals surface area contributed by atoms with Crippen LogP contribution in [0.25, 0.3) is 10.9 Å². The van der Waals surface area contributed by atoms with E-state index >= 15 is 0 Å². The van der Waals surface area contributed by atoms with Gasteiger partial charge in [-0.3, -0.25) is 14.4 Å². The van der Waals surface area contributed by atoms with Gasteiger partial charge in [0, 0.05) is 47.8 Å². The molecule has 2 amide bonds. The number of hydrogen-bond acceptors (Lipinski definition) is 3. The number of carbonyl (C=O) groups excluding carboxylic acids is 3. The second-order valence-electron chi connectivity index (χ2n) is 7.10. The van der Waals surface area contributed by atoms with Crippen molar-refractivity contribution in [3.05, 3.63) is 69.8 Å². The minimum Gasteiger partial charge on any atom is -0.359 e. The molecule has 0 unspecified atom stereocenters. The van der Waals surface area contributed by atoms with Crippen molar-refractivity contribution in [3.8, 4) is 0 Å². The van der Waals surface area contributed by atoms with Crippen molar-refractivity contribution in [2.45, 2.75) is 6.92 Å². The molecule has 0 bridgehead atoms. The summed E-state index contributed by atoms with van der Waals surface area (Å²) < 4.78 is 0.845. The summed E-state index contributed by atoms with van der Waals surface area (Å²) in [5.41, 5.74) is 2.74. The zero-order valence-electron chi connectivity index (χ0n) is 15.9. The summed E-state index contributed by atoms with van der Waals surface area (Å²) >= 11 is 3.47. The summed E-state index contributed by atoms with van der Waals surface area (Å²) in [5.74, 6) is -1.11. The van der Waals surface area contributed by atoms with Crippen LogP contribution >= 0.6 is 15.9 Å². The molecule has 1 fully saturated rings. The van der Waals surface area contributed by atoms with Crippen molar-refractivity contribution in [2.24, 2.45) is 0 Å². The molecule has 29 heavy (non-hydrogen) atoms. The number of benzene rings is 2. The molecule has 0 spiro atoms. The minimum absolute atomic E-state index is 0.0545. The Balaban J connectivity index is 1.47. The van der Waals surface area contributed by atoms with Crippen LogP contribution in [0.2, 0.25) is 0 Å². The lowest BCUT2D eigenvalue weighted by atomic mass is 10.0. The standard InChI is InChI=1S/C22H20BrN3O3/c1-14-7-8-17(23)19-18(14)16(13-24-19)20(27)22(29)26-11-9-25(10-12-26)21(28)15-5-3-2-4-6-15/h2-8,13,24H,9-12H2,1H3. The van der Waals surface area contributed by atoms with E-state index in [1.54, 1.807) is 23.2 Å². The molecule has 3 aromatic rings. The van der Waals surface area contributed by atoms with Crippen molar-refractivity contribution in [3.63, 3.8) is 0 Å². The quantitative estimate of drug-likeness (QED) is 0.487. The van der Waals surface area contributed by atoms with Gasteiger partial charge in [-0.05, 0) is 46.6 Å². The maximum absolute atomic E-state index is 12.9. The van der Waals surface area contributed by atoms with Gasteiger partial charge in [0.2, 0.25) is 0 Å². The van der Waals surface area contributed by atoms with Crippen molar-refractivity contribution >= 4 is 44.4 Å². The number of halogens is 1. The van der Waals surface area contributed by atoms with Gasteiger partial charge in [-0.25, -0.2) is 0 Å². The Kier molecular flexibility index (Phi) is 5.24. The third kappa shape index (κ3) is 3.58. The van der Waals surface area contributed by atoms with E-state index in [1.165, 1.54) is 4.90 Å². The topological polar surface area (TPSA) is 73.5 Å². The highest BCUT2D eigenvalue weighted by Gasteiger charge is 2.30. The van der Waals surface area contributed by atoms with Crippen LogP contribution in [0.5, 0.6) is 0 Å². The van der Waals surface area contributed by atoms with Crippen LogP contribution in [0.1, 0.15) is 26.3 Å². The third-order valence-electron chi connectivity index (χ3n) is 5.31. The number of aromatic amines is 1. The van der Waals surface area contributed by atoms with Crippen molar-refractivity contribution < 1.29 is 14.4 Å². The van der Waals surface area contributed by atoms with Gasteiger partial charge in [0.05, 0.1) is 11.1 Å². The van der Waals surface area contributed by atoms with Crippen LogP contribution in [0.15, 0.2) is 53.1 Å². The Bertz CT molecular complexity index is 1100. The van der Waals surface area contributed by atoms with Gasteiger partial charge < -0.3 is 14.8 Å². The maximum Gasteiger partial charge on any atom is 0.295 e. The highest BCUT2D eigenvalue weighted by atomic mass is 79.9. The van der Waals surface area contributed by atoms with E-state index in [2.05, 4.69) is 20.9 Å². The van der Waals surface area contributed by atoms with E-state index in [0.29, 0.717) is 37.3 Å². The van der Waals surface area contributed by atoms with E-state index in [-0.39, 0.29) is 5.91 Å². The number of hydrogen-bond donors (Lipinski definition) is 1. The van der Waals surface area contributed by atoms with Gasteiger partial charge in [-0.1, -0.05) is 24.3 Å². The molecule has 0 saturated carbocycles. The number of Topliss-reactive ketones (excluding diaryl/α,β-unsaturated/α-hetero) is 1. The molecule has 0 atom stereocenters. The SMILES string of the molecule is Cc1ccc(Br)c2[nH]cc(C(=O)C(=O)N3CCN(C(=O)c4ccccc4)CC3)c12. The highest BCUT2D eigenvalue weighted by Crippen LogP contribution is 2.29. The molecular formula is C22H20BrN3O3. The fourth-order valence-electron chi connectivity index (χ4n) is 3.70. The Morgan fingerprint density at radius 1 is 0.931 bits per heavy atom. The molecule has 2 aromatic carbocycles. The fraction of sp³-hybridized carbons (Fsp3) is 0.227. The second-order valence-corrected chi connectivity index (χ2v) is 7.95. The summed E-state index contributed by atoms with van der Waals surface area (Å²) in [5, 5.41) is 0.760. The minimum atomic E-state index is -0.530. The average molecular weight is 454 g/mol. The van der Waals surface area contributed by atoms with Crippen LogP contribution < -0.4 is 0 Å². The Labute approximate surface area is 176 Å². The molecule has 1 N–H and O–H groups in total. The molecule has 1 aromatic heterocycles. The number of nitrogens with one attached hydrogen (secondary N) is 1. The lowest BCUT2D eigenvalue weighted by Crippen LogP contribution is -2.52. The molecular weight excluding hydrogens is 434 g/mol. The first kappa shape index (κ1) is 19.4. The number of aryl methyl sites for hydroxylation is 1. The maximum atomic E-state index is 12.9. The van der Waals surface area contributed by atoms with Gasteiger partial charge in [-0.2, -0.15) is 0 Å². The van der Waals surface area contributed by atoms with Crippen LogP contribution in [0.3, 0.4) is 0 Å². The van der Waals surface area contributed by atoms with E-state index in [1.807, 2.05) is 37.3 Å². The molecule has 148 valence electrons. The molecule has 0 aliphatic carbocycles. The predicted molar refractivity (Wildman–Crippen MR) is 114 cm³/mol. The monoisotopic (exact) mass is 453 g/mol. The largest absolute Gasteiger partial charge is 0.359 e. The summed E-state index contributed by atoms with van der Waals surface area (Å²) in [6.07, 6.45) is 1.60. The first-order valence-corrected chi connectivity index (χ1v) is 10.2. The summed E-state index contributed by atoms with van der Waals surface area (Å²) in [6, 6.07) is 12.9. The fourth-order valence-corrected chi connectivity index (χ4v) is 4.14. The molecule has 1 aliphatic rings. The van der Waals surface area contributed by atoms with Gasteiger partial charge in [0.1, 0.15) is 0 Å². The average Bonchev–Trinajstić information content (AvgIpc) is 3.22. The Morgan fingerprint density at radius 3 is 2.28 bits per heavy atom. The second kappa shape index (κ2) is 7.83. The number of nitrogens with zero attached hydrogens (tertiary/aromatic N) is 2. The number of H-pyrrole nitrogens is 1. The molecule has 7 heteroatoms. The molecule has 1 aliphatic heterocycles. The van der Waals surface area contributed by atoms with Crippen LogP contribution in [0.4, 0.5) is 0 Å². The first-order chi connectivity index (χ1) is 14.0. The number of rotatable bonds is 3. The van der Waals surface area contributed by atoms with E-state index < -0.39 is 11.7 Å². The van der Waals surface area contributed by atoms with Crippen molar-refractivity contribution in [2.75, 3.05) is 26.2 Å². The van der Waals surface area contributed by atoms with Crippen LogP contribution in [-0.4, -0.2) is 58.6 Å². The highest BCUT2D eigenvalue weighted by molar-refractivity contribution is 9.10. The number of aromatic nitrogens is 1. The van der Waals surface area contributed by atoms with Crippen LogP contribution in [0, 0.1) is 6.92 Å². The molecule has 1 saturated heterocycles. The summed E-state index contributed by atoms with van der Waals surface area (Å²) in [4.78, 5) is 44.6. The van der Waals surface area contributed by atoms with Gasteiger partial charge in [0.25, 0.3) is 17.6 Å². The third-order valence-corrected chi connectivity index (χ3v) is 5.97. The number of piperazine rings is 1. The van der Waals surface area contributed by atoms with E-state index in [4.69, 9.17) is 0 Å². The lowest BCUT2D eigenvalue weighted by molar-refractivity contribution is -0.127. The van der Waals surface area contributed by atoms with Crippen LogP contribution in [-0.2, 0) is 4.79 Å². The summed E-state index contributed by atoms with van der Waals surface area (Å²) in [7, 11) is 0. The van der Waals surface area contributed by atoms with E-state index in [0.717, 1.165) is 20.9 Å². The lowest BCUT2D eigenvalue weighted by Gasteiger charge is -2.34. The predicted octanol–water partition coefficient (Wildman–Crippen LogP) is 3.41. The number of amides is 2. The Morgan fingerprint density at radius 2 is 1.59 bits per heavy atom. The smallest absolute Gasteiger partial charge is 0.295 e. The molecule has 6 nitrogen and oxygen atoms in total. The van der Waals surface area contributed by atoms with Gasteiger partial charge >= 0.3 is 0 Å². The summed E-state index contributed by atoms with van der Waals surface area (Å²) in [6.45, 7) is 3.41. The number of ketones is 1. The van der Waals surface area contributed by atoms with Gasteiger partial charge in [-0.15, -0.1) is 0 Å².